The zero-order valence-electron chi connectivity index (χ0n) is 23.5. The number of anilines is 1. The van der Waals surface area contributed by atoms with E-state index in [2.05, 4.69) is 11.4 Å². The van der Waals surface area contributed by atoms with E-state index in [1.54, 1.807) is 41.3 Å². The topological polar surface area (TPSA) is 97.3 Å². The predicted octanol–water partition coefficient (Wildman–Crippen LogP) is 5.72. The number of morpholine rings is 1. The maximum Gasteiger partial charge on any atom is 0.240 e. The minimum Gasteiger partial charge on any atom is -0.507 e. The van der Waals surface area contributed by atoms with Gasteiger partial charge in [-0.3, -0.25) is 9.59 Å². The molecule has 3 aromatic rings. The van der Waals surface area contributed by atoms with Gasteiger partial charge < -0.3 is 29.5 Å². The first kappa shape index (κ1) is 29.9. The molecule has 217 valence electrons. The highest BCUT2D eigenvalue weighted by atomic mass is 19.1. The van der Waals surface area contributed by atoms with E-state index in [1.165, 1.54) is 12.1 Å². The first-order valence-corrected chi connectivity index (χ1v) is 14.0. The maximum absolute atomic E-state index is 13.4. The second-order valence-electron chi connectivity index (χ2n) is 9.73. The van der Waals surface area contributed by atoms with Crippen LogP contribution in [0.3, 0.4) is 0 Å². The Balaban J connectivity index is 1.34. The summed E-state index contributed by atoms with van der Waals surface area (Å²) < 4.78 is 30.8. The molecule has 1 aliphatic rings. The fourth-order valence-corrected chi connectivity index (χ4v) is 4.51. The fraction of sp³-hybridized carbons (Fsp3) is 0.375. The minimum absolute atomic E-state index is 0.0154. The molecule has 1 fully saturated rings. The van der Waals surface area contributed by atoms with E-state index in [1.807, 2.05) is 19.9 Å². The van der Waals surface area contributed by atoms with Crippen molar-refractivity contribution in [1.82, 2.24) is 4.90 Å². The number of hydrogen-bond acceptors (Lipinski definition) is 6. The van der Waals surface area contributed by atoms with Crippen LogP contribution in [0.5, 0.6) is 17.2 Å². The van der Waals surface area contributed by atoms with E-state index in [4.69, 9.17) is 14.2 Å². The van der Waals surface area contributed by atoms with Crippen LogP contribution in [-0.2, 0) is 20.7 Å². The number of ether oxygens (including phenoxy) is 3. The van der Waals surface area contributed by atoms with Gasteiger partial charge in [-0.15, -0.1) is 0 Å². The van der Waals surface area contributed by atoms with Gasteiger partial charge in [-0.1, -0.05) is 32.0 Å². The molecule has 1 unspecified atom stereocenters. The molecule has 2 amide bonds. The number of carbonyl (C=O) groups is 2. The Labute approximate surface area is 240 Å². The van der Waals surface area contributed by atoms with Gasteiger partial charge in [0.2, 0.25) is 18.1 Å². The lowest BCUT2D eigenvalue weighted by Crippen LogP contribution is -2.40. The maximum atomic E-state index is 13.4. The first-order valence-electron chi connectivity index (χ1n) is 14.0. The highest BCUT2D eigenvalue weighted by Gasteiger charge is 2.18. The normalized spacial score (nSPS) is 13.9. The van der Waals surface area contributed by atoms with Crippen LogP contribution in [0.25, 0.3) is 11.1 Å². The van der Waals surface area contributed by atoms with Crippen molar-refractivity contribution >= 4 is 17.5 Å². The summed E-state index contributed by atoms with van der Waals surface area (Å²) in [4.78, 5) is 26.5. The monoisotopic (exact) mass is 563 g/mol. The average Bonchev–Trinajstić information content (AvgIpc) is 2.98. The van der Waals surface area contributed by atoms with Crippen LogP contribution >= 0.6 is 0 Å². The van der Waals surface area contributed by atoms with Crippen molar-refractivity contribution in [1.29, 1.82) is 0 Å². The molecule has 4 rings (SSSR count). The molecule has 2 N–H and O–H groups in total. The third-order valence-electron chi connectivity index (χ3n) is 6.77. The third kappa shape index (κ3) is 8.44. The van der Waals surface area contributed by atoms with E-state index >= 15 is 0 Å². The van der Waals surface area contributed by atoms with Crippen molar-refractivity contribution in [2.75, 3.05) is 31.6 Å². The van der Waals surface area contributed by atoms with Gasteiger partial charge >= 0.3 is 0 Å². The molecule has 3 aromatic carbocycles. The van der Waals surface area contributed by atoms with Crippen molar-refractivity contribution in [3.63, 3.8) is 0 Å². The van der Waals surface area contributed by atoms with E-state index in [-0.39, 0.29) is 29.8 Å². The molecule has 0 saturated carbocycles. The van der Waals surface area contributed by atoms with Crippen LogP contribution in [-0.4, -0.2) is 54.4 Å². The number of hydrogen-bond donors (Lipinski definition) is 2. The van der Waals surface area contributed by atoms with Gasteiger partial charge in [-0.2, -0.15) is 0 Å². The summed E-state index contributed by atoms with van der Waals surface area (Å²) in [6, 6.07) is 17.6. The quantitative estimate of drug-likeness (QED) is 0.274. The van der Waals surface area contributed by atoms with E-state index in [9.17, 15) is 19.1 Å². The molecule has 0 bridgehead atoms. The standard InChI is InChI=1S/C32H36FN2O6/c1-3-22-19-27(23-11-13-24(33)14-12-23)28(36)21-29(22)41-32(4-2)40-26-8-5-7-25(20-26)34-30(37)9-6-10-31(38)35-15-17-39-18-16-35/h5,7-8,11-14,19,21,32,36H,3-4,6,9-10,15-18H2,1-2H3,(H,34,37). The molecule has 9 heteroatoms. The fourth-order valence-electron chi connectivity index (χ4n) is 4.51. The highest BCUT2D eigenvalue weighted by molar-refractivity contribution is 5.91. The Kier molecular flexibility index (Phi) is 10.6. The summed E-state index contributed by atoms with van der Waals surface area (Å²) in [6.07, 6.45) is 1.46. The van der Waals surface area contributed by atoms with Crippen molar-refractivity contribution in [2.24, 2.45) is 0 Å². The molecule has 0 aromatic heterocycles. The smallest absolute Gasteiger partial charge is 0.240 e. The van der Waals surface area contributed by atoms with Gasteiger partial charge in [-0.05, 0) is 54.3 Å². The summed E-state index contributed by atoms with van der Waals surface area (Å²) in [6.45, 7) is 6.18. The largest absolute Gasteiger partial charge is 0.507 e. The summed E-state index contributed by atoms with van der Waals surface area (Å²) in [5, 5.41) is 13.5. The lowest BCUT2D eigenvalue weighted by Gasteiger charge is -2.26. The molecule has 1 heterocycles. The molecule has 41 heavy (non-hydrogen) atoms. The molecule has 1 radical (unpaired) electrons. The number of nitrogens with zero attached hydrogens (tertiary/aromatic N) is 1. The average molecular weight is 564 g/mol. The van der Waals surface area contributed by atoms with Crippen LogP contribution in [0, 0.1) is 11.9 Å². The Hall–Kier alpha value is -4.11. The van der Waals surface area contributed by atoms with Gasteiger partial charge in [0.05, 0.1) is 25.0 Å². The van der Waals surface area contributed by atoms with E-state index in [0.29, 0.717) is 80.3 Å². The summed E-state index contributed by atoms with van der Waals surface area (Å²) >= 11 is 0. The summed E-state index contributed by atoms with van der Waals surface area (Å²) in [5.41, 5.74) is 2.61. The Morgan fingerprint density at radius 2 is 1.83 bits per heavy atom. The predicted molar refractivity (Wildman–Crippen MR) is 153 cm³/mol. The number of carbonyl (C=O) groups excluding carboxylic acids is 2. The number of nitrogens with one attached hydrogen (secondary N) is 1. The first-order chi connectivity index (χ1) is 19.9. The van der Waals surface area contributed by atoms with E-state index < -0.39 is 6.29 Å². The zero-order chi connectivity index (χ0) is 29.2. The number of benzene rings is 3. The molecular formula is C32H36FN2O6. The second-order valence-corrected chi connectivity index (χ2v) is 9.73. The molecule has 0 aliphatic carbocycles. The molecule has 1 aliphatic heterocycles. The van der Waals surface area contributed by atoms with Crippen molar-refractivity contribution in [2.45, 2.75) is 52.2 Å². The van der Waals surface area contributed by atoms with Crippen molar-refractivity contribution in [3.05, 3.63) is 72.0 Å². The molecule has 0 spiro atoms. The Morgan fingerprint density at radius 1 is 1.07 bits per heavy atom. The van der Waals surface area contributed by atoms with Crippen LogP contribution in [0.4, 0.5) is 10.1 Å². The zero-order valence-corrected chi connectivity index (χ0v) is 23.5. The lowest BCUT2D eigenvalue weighted by atomic mass is 10.00. The molecular weight excluding hydrogens is 527 g/mol. The number of aromatic hydroxyl groups is 1. The number of halogens is 1. The van der Waals surface area contributed by atoms with Crippen molar-refractivity contribution < 1.29 is 33.3 Å². The van der Waals surface area contributed by atoms with Crippen LogP contribution < -0.4 is 14.8 Å². The molecule has 1 atom stereocenters. The van der Waals surface area contributed by atoms with Crippen LogP contribution in [0.1, 0.15) is 45.1 Å². The minimum atomic E-state index is -0.676. The van der Waals surface area contributed by atoms with Crippen LogP contribution in [0.2, 0.25) is 0 Å². The molecule has 1 saturated heterocycles. The Morgan fingerprint density at radius 3 is 2.54 bits per heavy atom. The highest BCUT2D eigenvalue weighted by Crippen LogP contribution is 2.36. The number of amides is 2. The summed E-state index contributed by atoms with van der Waals surface area (Å²) in [5.74, 6) is 0.380. The van der Waals surface area contributed by atoms with Gasteiger partial charge in [-0.25, -0.2) is 4.39 Å². The second kappa shape index (κ2) is 14.5. The lowest BCUT2D eigenvalue weighted by molar-refractivity contribution is -0.135. The van der Waals surface area contributed by atoms with Gasteiger partial charge in [0.25, 0.3) is 0 Å². The van der Waals surface area contributed by atoms with Gasteiger partial charge in [0.1, 0.15) is 23.1 Å². The van der Waals surface area contributed by atoms with Gasteiger partial charge in [0, 0.05) is 44.0 Å². The van der Waals surface area contributed by atoms with E-state index in [0.717, 1.165) is 5.56 Å². The van der Waals surface area contributed by atoms with Gasteiger partial charge in [0.15, 0.2) is 0 Å². The third-order valence-corrected chi connectivity index (χ3v) is 6.77. The number of rotatable bonds is 12. The SMILES string of the molecule is CCc1cc(-c2ccc(F)cc2)c(O)cc1OC(CC)Oc1[c]c(NC(=O)CCCC(=O)N2CCOCC2)ccc1. The molecule has 8 nitrogen and oxygen atoms in total. The Bertz CT molecular complexity index is 1320. The summed E-state index contributed by atoms with van der Waals surface area (Å²) in [7, 11) is 0. The number of aryl methyl sites for hydroxylation is 1. The number of phenolic OH excluding ortho intramolecular Hbond substituents is 1. The number of phenols is 1. The van der Waals surface area contributed by atoms with Crippen LogP contribution in [0.15, 0.2) is 54.6 Å². The van der Waals surface area contributed by atoms with Crippen molar-refractivity contribution in [3.8, 4) is 28.4 Å².